The monoisotopic (exact) mass is 342 g/mol. The van der Waals surface area contributed by atoms with Crippen LogP contribution in [0.5, 0.6) is 5.75 Å². The van der Waals surface area contributed by atoms with Gasteiger partial charge in [0.1, 0.15) is 5.75 Å². The molecule has 3 rings (SSSR count). The summed E-state index contributed by atoms with van der Waals surface area (Å²) in [4.78, 5) is 14.2. The number of anilines is 1. The molecule has 24 heavy (non-hydrogen) atoms. The Morgan fingerprint density at radius 1 is 1.33 bits per heavy atom. The van der Waals surface area contributed by atoms with Crippen molar-refractivity contribution in [1.82, 2.24) is 4.90 Å². The molecule has 1 saturated heterocycles. The van der Waals surface area contributed by atoms with E-state index in [9.17, 15) is 4.79 Å². The molecule has 0 spiro atoms. The molecule has 1 N–H and O–H groups in total. The quantitative estimate of drug-likeness (QED) is 0.839. The molecule has 1 aromatic heterocycles. The molecule has 0 unspecified atom stereocenters. The number of likely N-dealkylation sites (tertiary alicyclic amines) is 1. The predicted octanol–water partition coefficient (Wildman–Crippen LogP) is 3.87. The van der Waals surface area contributed by atoms with Crippen LogP contribution in [0.25, 0.3) is 6.08 Å². The van der Waals surface area contributed by atoms with Gasteiger partial charge in [-0.3, -0.25) is 4.79 Å². The van der Waals surface area contributed by atoms with Gasteiger partial charge in [0.2, 0.25) is 5.91 Å². The van der Waals surface area contributed by atoms with Crippen molar-refractivity contribution in [2.45, 2.75) is 18.9 Å². The lowest BCUT2D eigenvalue weighted by molar-refractivity contribution is -0.126. The standard InChI is InChI=1S/C19H22N2O2S/c1-23-18-4-2-3-17(13-18)20-16-7-10-21(11-8-16)19(22)6-5-15-9-12-24-14-15/h2-6,9,12-14,16,20H,7-8,10-11H2,1H3/b6-5-. The van der Waals surface area contributed by atoms with Gasteiger partial charge in [0.25, 0.3) is 0 Å². The van der Waals surface area contributed by atoms with Gasteiger partial charge in [-0.05, 0) is 53.4 Å². The number of nitrogens with zero attached hydrogens (tertiary/aromatic N) is 1. The number of amides is 1. The van der Waals surface area contributed by atoms with Gasteiger partial charge in [0.15, 0.2) is 0 Å². The summed E-state index contributed by atoms with van der Waals surface area (Å²) in [5, 5.41) is 7.58. The zero-order chi connectivity index (χ0) is 16.8. The van der Waals surface area contributed by atoms with Crippen LogP contribution in [0.15, 0.2) is 47.2 Å². The molecule has 4 nitrogen and oxygen atoms in total. The number of thiophene rings is 1. The highest BCUT2D eigenvalue weighted by atomic mass is 32.1. The molecule has 0 aliphatic carbocycles. The molecule has 5 heteroatoms. The molecule has 0 radical (unpaired) electrons. The second-order valence-corrected chi connectivity index (χ2v) is 6.65. The van der Waals surface area contributed by atoms with E-state index >= 15 is 0 Å². The number of hydrogen-bond acceptors (Lipinski definition) is 4. The molecule has 126 valence electrons. The lowest BCUT2D eigenvalue weighted by atomic mass is 10.0. The van der Waals surface area contributed by atoms with E-state index in [1.54, 1.807) is 24.5 Å². The maximum absolute atomic E-state index is 12.2. The highest BCUT2D eigenvalue weighted by Crippen LogP contribution is 2.21. The van der Waals surface area contributed by atoms with Crippen LogP contribution >= 0.6 is 11.3 Å². The van der Waals surface area contributed by atoms with Crippen molar-refractivity contribution in [3.05, 3.63) is 52.7 Å². The van der Waals surface area contributed by atoms with E-state index in [4.69, 9.17) is 4.74 Å². The highest BCUT2D eigenvalue weighted by Gasteiger charge is 2.21. The molecule has 2 aromatic rings. The predicted molar refractivity (Wildman–Crippen MR) is 99.6 cm³/mol. The summed E-state index contributed by atoms with van der Waals surface area (Å²) in [5.74, 6) is 0.951. The van der Waals surface area contributed by atoms with E-state index in [2.05, 4.69) is 5.32 Å². The van der Waals surface area contributed by atoms with Gasteiger partial charge < -0.3 is 15.0 Å². The van der Waals surface area contributed by atoms with E-state index in [1.165, 1.54) is 0 Å². The molecule has 1 aromatic carbocycles. The number of benzene rings is 1. The van der Waals surface area contributed by atoms with Gasteiger partial charge in [0.05, 0.1) is 7.11 Å². The Bertz CT molecular complexity index is 689. The van der Waals surface area contributed by atoms with Gasteiger partial charge in [-0.2, -0.15) is 11.3 Å². The molecule has 1 aliphatic rings. The summed E-state index contributed by atoms with van der Waals surface area (Å²) >= 11 is 1.64. The first-order valence-corrected chi connectivity index (χ1v) is 9.08. The largest absolute Gasteiger partial charge is 0.497 e. The maximum atomic E-state index is 12.2. The SMILES string of the molecule is COc1cccc(NC2CCN(C(=O)/C=C\c3ccsc3)CC2)c1. The molecular weight excluding hydrogens is 320 g/mol. The van der Waals surface area contributed by atoms with E-state index in [-0.39, 0.29) is 5.91 Å². The molecule has 1 aliphatic heterocycles. The second kappa shape index (κ2) is 8.02. The van der Waals surface area contributed by atoms with Crippen molar-refractivity contribution < 1.29 is 9.53 Å². The third-order valence-electron chi connectivity index (χ3n) is 4.21. The fourth-order valence-corrected chi connectivity index (χ4v) is 3.46. The van der Waals surface area contributed by atoms with Crippen molar-refractivity contribution in [1.29, 1.82) is 0 Å². The molecule has 2 heterocycles. The zero-order valence-electron chi connectivity index (χ0n) is 13.8. The number of nitrogens with one attached hydrogen (secondary N) is 1. The number of hydrogen-bond donors (Lipinski definition) is 1. The third kappa shape index (κ3) is 4.38. The van der Waals surface area contributed by atoms with Gasteiger partial charge >= 0.3 is 0 Å². The summed E-state index contributed by atoms with van der Waals surface area (Å²) in [6.45, 7) is 1.57. The molecule has 1 amide bonds. The van der Waals surface area contributed by atoms with Gasteiger partial charge in [-0.25, -0.2) is 0 Å². The Morgan fingerprint density at radius 2 is 2.17 bits per heavy atom. The fraction of sp³-hybridized carbons (Fsp3) is 0.316. The minimum absolute atomic E-state index is 0.0982. The maximum Gasteiger partial charge on any atom is 0.246 e. The van der Waals surface area contributed by atoms with Crippen LogP contribution in [0, 0.1) is 0 Å². The fourth-order valence-electron chi connectivity index (χ4n) is 2.84. The van der Waals surface area contributed by atoms with Crippen LogP contribution in [0.3, 0.4) is 0 Å². The lowest BCUT2D eigenvalue weighted by Crippen LogP contribution is -2.41. The Morgan fingerprint density at radius 3 is 2.88 bits per heavy atom. The molecular formula is C19H22N2O2S. The molecule has 0 saturated carbocycles. The summed E-state index contributed by atoms with van der Waals surface area (Å²) in [7, 11) is 1.67. The topological polar surface area (TPSA) is 41.6 Å². The Kier molecular flexibility index (Phi) is 5.54. The average Bonchev–Trinajstić information content (AvgIpc) is 3.14. The first kappa shape index (κ1) is 16.6. The summed E-state index contributed by atoms with van der Waals surface area (Å²) < 4.78 is 5.25. The van der Waals surface area contributed by atoms with Gasteiger partial charge in [0, 0.05) is 37.0 Å². The number of ether oxygens (including phenoxy) is 1. The van der Waals surface area contributed by atoms with Gasteiger partial charge in [-0.15, -0.1) is 0 Å². The number of piperidine rings is 1. The van der Waals surface area contributed by atoms with Crippen LogP contribution in [0.1, 0.15) is 18.4 Å². The zero-order valence-corrected chi connectivity index (χ0v) is 14.6. The minimum Gasteiger partial charge on any atom is -0.497 e. The van der Waals surface area contributed by atoms with E-state index in [0.29, 0.717) is 6.04 Å². The van der Waals surface area contributed by atoms with Crippen molar-refractivity contribution in [2.24, 2.45) is 0 Å². The first-order chi connectivity index (χ1) is 11.7. The van der Waals surface area contributed by atoms with Crippen molar-refractivity contribution in [2.75, 3.05) is 25.5 Å². The highest BCUT2D eigenvalue weighted by molar-refractivity contribution is 7.08. The summed E-state index contributed by atoms with van der Waals surface area (Å²) in [6.07, 6.45) is 5.47. The van der Waals surface area contributed by atoms with E-state index in [1.807, 2.05) is 52.1 Å². The molecule has 1 fully saturated rings. The van der Waals surface area contributed by atoms with Crippen LogP contribution in [0.4, 0.5) is 5.69 Å². The van der Waals surface area contributed by atoms with E-state index in [0.717, 1.165) is 42.9 Å². The smallest absolute Gasteiger partial charge is 0.246 e. The summed E-state index contributed by atoms with van der Waals surface area (Å²) in [6, 6.07) is 10.4. The van der Waals surface area contributed by atoms with Crippen LogP contribution in [-0.4, -0.2) is 37.0 Å². The number of rotatable bonds is 5. The Balaban J connectivity index is 1.49. The van der Waals surface area contributed by atoms with Gasteiger partial charge in [-0.1, -0.05) is 6.07 Å². The lowest BCUT2D eigenvalue weighted by Gasteiger charge is -2.32. The normalized spacial score (nSPS) is 15.6. The number of methoxy groups -OCH3 is 1. The van der Waals surface area contributed by atoms with Crippen molar-refractivity contribution >= 4 is 29.0 Å². The Hall–Kier alpha value is -2.27. The molecule has 0 atom stereocenters. The summed E-state index contributed by atoms with van der Waals surface area (Å²) in [5.41, 5.74) is 2.15. The minimum atomic E-state index is 0.0982. The van der Waals surface area contributed by atoms with Crippen molar-refractivity contribution in [3.63, 3.8) is 0 Å². The number of carbonyl (C=O) groups is 1. The Labute approximate surface area is 146 Å². The van der Waals surface area contributed by atoms with Crippen LogP contribution < -0.4 is 10.1 Å². The van der Waals surface area contributed by atoms with Crippen LogP contribution in [0.2, 0.25) is 0 Å². The second-order valence-electron chi connectivity index (χ2n) is 5.87. The average molecular weight is 342 g/mol. The van der Waals surface area contributed by atoms with E-state index < -0.39 is 0 Å². The number of carbonyl (C=O) groups excluding carboxylic acids is 1. The first-order valence-electron chi connectivity index (χ1n) is 8.14. The van der Waals surface area contributed by atoms with Crippen molar-refractivity contribution in [3.8, 4) is 5.75 Å². The van der Waals surface area contributed by atoms with Crippen LogP contribution in [-0.2, 0) is 4.79 Å². The molecule has 0 bridgehead atoms. The third-order valence-corrected chi connectivity index (χ3v) is 4.91.